The topological polar surface area (TPSA) is 57.7 Å². The van der Waals surface area contributed by atoms with Crippen LogP contribution in [0.25, 0.3) is 11.1 Å². The van der Waals surface area contributed by atoms with E-state index in [0.29, 0.717) is 13.1 Å². The van der Waals surface area contributed by atoms with Crippen molar-refractivity contribution in [3.05, 3.63) is 72.1 Å². The van der Waals surface area contributed by atoms with Crippen molar-refractivity contribution in [1.29, 1.82) is 0 Å². The van der Waals surface area contributed by atoms with Gasteiger partial charge >= 0.3 is 6.09 Å². The van der Waals surface area contributed by atoms with Crippen LogP contribution >= 0.6 is 11.8 Å². The quantitative estimate of drug-likeness (QED) is 0.184. The summed E-state index contributed by atoms with van der Waals surface area (Å²) < 4.78 is 5.53. The Hall–Kier alpha value is -3.19. The summed E-state index contributed by atoms with van der Waals surface area (Å²) in [5.74, 6) is 1.13. The minimum absolute atomic E-state index is 0.215. The Bertz CT molecular complexity index is 1260. The molecule has 220 valence electrons. The smallest absolute Gasteiger partial charge is 0.410 e. The van der Waals surface area contributed by atoms with E-state index < -0.39 is 5.60 Å². The largest absolute Gasteiger partial charge is 0.444 e. The first kappa shape index (κ1) is 30.8. The molecule has 1 saturated heterocycles. The van der Waals surface area contributed by atoms with Gasteiger partial charge in [0.2, 0.25) is 0 Å². The number of hydrogen-bond donors (Lipinski definition) is 1. The van der Waals surface area contributed by atoms with E-state index >= 15 is 0 Å². The second kappa shape index (κ2) is 14.6. The summed E-state index contributed by atoms with van der Waals surface area (Å²) in [6, 6.07) is 17.5. The van der Waals surface area contributed by atoms with Gasteiger partial charge in [-0.25, -0.2) is 4.79 Å². The summed E-state index contributed by atoms with van der Waals surface area (Å²) in [5.41, 5.74) is 6.97. The number of rotatable bonds is 11. The minimum Gasteiger partial charge on any atom is -0.444 e. The molecule has 2 heterocycles. The van der Waals surface area contributed by atoms with E-state index in [4.69, 9.17) is 4.74 Å². The number of nitrogens with one attached hydrogen (secondary N) is 1. The van der Waals surface area contributed by atoms with Gasteiger partial charge in [-0.3, -0.25) is 4.98 Å². The van der Waals surface area contributed by atoms with Crippen molar-refractivity contribution in [3.63, 3.8) is 0 Å². The first-order valence-corrected chi connectivity index (χ1v) is 15.9. The molecule has 1 aliphatic heterocycles. The Morgan fingerprint density at radius 3 is 2.39 bits per heavy atom. The van der Waals surface area contributed by atoms with Gasteiger partial charge in [0, 0.05) is 67.0 Å². The van der Waals surface area contributed by atoms with Crippen LogP contribution in [0.3, 0.4) is 0 Å². The van der Waals surface area contributed by atoms with Crippen LogP contribution in [-0.2, 0) is 4.74 Å². The summed E-state index contributed by atoms with van der Waals surface area (Å²) in [6.45, 7) is 14.0. The Kier molecular flexibility index (Phi) is 11.0. The summed E-state index contributed by atoms with van der Waals surface area (Å²) in [7, 11) is 0. The van der Waals surface area contributed by atoms with Crippen molar-refractivity contribution in [3.8, 4) is 11.1 Å². The number of piperazine rings is 1. The van der Waals surface area contributed by atoms with Gasteiger partial charge in [0.25, 0.3) is 0 Å². The fraction of sp³-hybridized carbons (Fsp3) is 0.471. The number of aryl methyl sites for hydroxylation is 2. The molecule has 1 amide bonds. The minimum atomic E-state index is -0.459. The predicted octanol–water partition coefficient (Wildman–Crippen LogP) is 8.19. The van der Waals surface area contributed by atoms with Crippen molar-refractivity contribution in [1.82, 2.24) is 9.88 Å². The molecule has 4 rings (SSSR count). The van der Waals surface area contributed by atoms with Crippen LogP contribution in [0.1, 0.15) is 57.6 Å². The average Bonchev–Trinajstić information content (AvgIpc) is 2.94. The third-order valence-corrected chi connectivity index (χ3v) is 8.43. The number of aromatic nitrogens is 1. The van der Waals surface area contributed by atoms with Crippen molar-refractivity contribution in [2.45, 2.75) is 70.8 Å². The standard InChI is InChI=1S/C34H46N4O2S/c1-26-10-12-28(13-11-26)30-25-35-18-16-32(30)41-23-9-7-6-8-17-36-29-14-15-31(27(2)24-29)37-19-21-38(22-20-37)33(39)40-34(3,4)5/h10-16,18,24-25,36H,6-9,17,19-23H2,1-5H3. The highest BCUT2D eigenvalue weighted by Gasteiger charge is 2.26. The summed E-state index contributed by atoms with van der Waals surface area (Å²) in [5, 5.41) is 3.61. The fourth-order valence-electron chi connectivity index (χ4n) is 5.03. The lowest BCUT2D eigenvalue weighted by Crippen LogP contribution is -2.50. The van der Waals surface area contributed by atoms with Crippen LogP contribution in [0, 0.1) is 13.8 Å². The van der Waals surface area contributed by atoms with Crippen LogP contribution in [-0.4, -0.2) is 60.1 Å². The lowest BCUT2D eigenvalue weighted by Gasteiger charge is -2.37. The maximum absolute atomic E-state index is 12.4. The van der Waals surface area contributed by atoms with Gasteiger partial charge in [0.1, 0.15) is 5.60 Å². The Balaban J connectivity index is 1.13. The van der Waals surface area contributed by atoms with Crippen molar-refractivity contribution < 1.29 is 9.53 Å². The van der Waals surface area contributed by atoms with Gasteiger partial charge in [-0.2, -0.15) is 0 Å². The molecule has 3 aromatic rings. The molecule has 2 aromatic carbocycles. The van der Waals surface area contributed by atoms with Crippen LogP contribution in [0.4, 0.5) is 16.2 Å². The molecule has 0 aliphatic carbocycles. The van der Waals surface area contributed by atoms with E-state index in [0.717, 1.165) is 25.4 Å². The van der Waals surface area contributed by atoms with Gasteiger partial charge in [0.15, 0.2) is 0 Å². The van der Waals surface area contributed by atoms with E-state index in [2.05, 4.69) is 77.6 Å². The second-order valence-corrected chi connectivity index (χ2v) is 13.0. The molecule has 1 aliphatic rings. The van der Waals surface area contributed by atoms with Gasteiger partial charge in [-0.1, -0.05) is 42.7 Å². The molecular formula is C34H46N4O2S. The molecule has 0 saturated carbocycles. The van der Waals surface area contributed by atoms with Crippen LogP contribution in [0.5, 0.6) is 0 Å². The lowest BCUT2D eigenvalue weighted by atomic mass is 10.1. The van der Waals surface area contributed by atoms with E-state index in [1.54, 1.807) is 0 Å². The first-order valence-electron chi connectivity index (χ1n) is 14.9. The number of nitrogens with zero attached hydrogens (tertiary/aromatic N) is 3. The van der Waals surface area contributed by atoms with E-state index in [1.165, 1.54) is 64.2 Å². The number of carbonyl (C=O) groups is 1. The molecule has 0 spiro atoms. The first-order chi connectivity index (χ1) is 19.7. The molecule has 0 unspecified atom stereocenters. The number of carbonyl (C=O) groups excluding carboxylic acids is 1. The molecule has 0 atom stereocenters. The zero-order chi connectivity index (χ0) is 29.2. The molecule has 7 heteroatoms. The van der Waals surface area contributed by atoms with E-state index in [-0.39, 0.29) is 6.09 Å². The molecule has 0 radical (unpaired) electrons. The highest BCUT2D eigenvalue weighted by Crippen LogP contribution is 2.31. The lowest BCUT2D eigenvalue weighted by molar-refractivity contribution is 0.0240. The normalized spacial score (nSPS) is 13.8. The number of hydrogen-bond acceptors (Lipinski definition) is 6. The monoisotopic (exact) mass is 574 g/mol. The average molecular weight is 575 g/mol. The number of unbranched alkanes of at least 4 members (excludes halogenated alkanes) is 3. The van der Waals surface area contributed by atoms with Crippen LogP contribution in [0.15, 0.2) is 65.8 Å². The zero-order valence-electron chi connectivity index (χ0n) is 25.4. The second-order valence-electron chi connectivity index (χ2n) is 11.9. The highest BCUT2D eigenvalue weighted by molar-refractivity contribution is 7.99. The number of ether oxygens (including phenoxy) is 1. The fourth-order valence-corrected chi connectivity index (χ4v) is 6.08. The van der Waals surface area contributed by atoms with Gasteiger partial charge in [0.05, 0.1) is 0 Å². The molecule has 0 bridgehead atoms. The van der Waals surface area contributed by atoms with Gasteiger partial charge < -0.3 is 19.9 Å². The highest BCUT2D eigenvalue weighted by atomic mass is 32.2. The summed E-state index contributed by atoms with van der Waals surface area (Å²) in [6.07, 6.45) is 8.53. The Morgan fingerprint density at radius 1 is 0.951 bits per heavy atom. The maximum Gasteiger partial charge on any atom is 0.410 e. The number of benzene rings is 2. The van der Waals surface area contributed by atoms with Gasteiger partial charge in [-0.15, -0.1) is 11.8 Å². The molecule has 1 fully saturated rings. The van der Waals surface area contributed by atoms with Crippen LogP contribution < -0.4 is 10.2 Å². The Labute approximate surface area is 250 Å². The van der Waals surface area contributed by atoms with E-state index in [1.807, 2.05) is 49.8 Å². The molecule has 1 aromatic heterocycles. The van der Waals surface area contributed by atoms with Gasteiger partial charge in [-0.05, 0) is 88.6 Å². The number of thioether (sulfide) groups is 1. The Morgan fingerprint density at radius 2 is 1.68 bits per heavy atom. The number of amides is 1. The van der Waals surface area contributed by atoms with Crippen LogP contribution in [0.2, 0.25) is 0 Å². The van der Waals surface area contributed by atoms with Crippen molar-refractivity contribution in [2.24, 2.45) is 0 Å². The summed E-state index contributed by atoms with van der Waals surface area (Å²) >= 11 is 1.94. The molecule has 6 nitrogen and oxygen atoms in total. The van der Waals surface area contributed by atoms with E-state index in [9.17, 15) is 4.79 Å². The molecule has 41 heavy (non-hydrogen) atoms. The summed E-state index contributed by atoms with van der Waals surface area (Å²) in [4.78, 5) is 22.2. The number of pyridine rings is 1. The zero-order valence-corrected chi connectivity index (χ0v) is 26.2. The number of anilines is 2. The third-order valence-electron chi connectivity index (χ3n) is 7.27. The molecular weight excluding hydrogens is 528 g/mol. The van der Waals surface area contributed by atoms with Crippen molar-refractivity contribution in [2.75, 3.05) is 48.7 Å². The third kappa shape index (κ3) is 9.42. The maximum atomic E-state index is 12.4. The van der Waals surface area contributed by atoms with Crippen molar-refractivity contribution >= 4 is 29.2 Å². The SMILES string of the molecule is Cc1ccc(-c2cnccc2SCCCCCCNc2ccc(N3CCN(C(=O)OC(C)(C)C)CC3)c(C)c2)cc1. The molecule has 1 N–H and O–H groups in total. The predicted molar refractivity (Wildman–Crippen MR) is 173 cm³/mol.